The van der Waals surface area contributed by atoms with Gasteiger partial charge in [-0.15, -0.1) is 0 Å². The number of amides is 1. The first-order valence-corrected chi connectivity index (χ1v) is 8.08. The van der Waals surface area contributed by atoms with Crippen LogP contribution in [0.25, 0.3) is 0 Å². The van der Waals surface area contributed by atoms with E-state index in [1.165, 1.54) is 12.0 Å². The SMILES string of the molecule is CNC(=O)c1ccc(CN(C)[C@@H]2[C@@H]3CCO[C@H]3C2(C)C)cc1. The van der Waals surface area contributed by atoms with E-state index < -0.39 is 0 Å². The highest BCUT2D eigenvalue weighted by molar-refractivity contribution is 5.93. The predicted molar refractivity (Wildman–Crippen MR) is 86.7 cm³/mol. The largest absolute Gasteiger partial charge is 0.377 e. The molecule has 1 heterocycles. The van der Waals surface area contributed by atoms with Gasteiger partial charge in [-0.05, 0) is 31.2 Å². The van der Waals surface area contributed by atoms with Gasteiger partial charge in [-0.3, -0.25) is 9.69 Å². The van der Waals surface area contributed by atoms with Gasteiger partial charge in [0.25, 0.3) is 5.91 Å². The van der Waals surface area contributed by atoms with Crippen LogP contribution in [0.5, 0.6) is 0 Å². The van der Waals surface area contributed by atoms with Crippen molar-refractivity contribution in [1.82, 2.24) is 10.2 Å². The van der Waals surface area contributed by atoms with E-state index in [2.05, 4.69) is 43.2 Å². The standard InChI is InChI=1S/C18H26N2O2/c1-18(2)15(14-9-10-22-16(14)18)20(4)11-12-5-7-13(8-6-12)17(21)19-3/h5-8,14-16H,9-11H2,1-4H3,(H,19,21)/t14-,15+,16+/m0/s1. The third-order valence-electron chi connectivity index (χ3n) is 5.39. The smallest absolute Gasteiger partial charge is 0.251 e. The zero-order chi connectivity index (χ0) is 15.9. The lowest BCUT2D eigenvalue weighted by Crippen LogP contribution is -2.65. The molecule has 3 rings (SSSR count). The van der Waals surface area contributed by atoms with E-state index in [1.54, 1.807) is 7.05 Å². The van der Waals surface area contributed by atoms with E-state index in [9.17, 15) is 4.79 Å². The van der Waals surface area contributed by atoms with Crippen molar-refractivity contribution in [1.29, 1.82) is 0 Å². The molecular formula is C18H26N2O2. The third-order valence-corrected chi connectivity index (χ3v) is 5.39. The Bertz CT molecular complexity index is 553. The second-order valence-electron chi connectivity index (χ2n) is 7.20. The van der Waals surface area contributed by atoms with Crippen molar-refractivity contribution in [3.05, 3.63) is 35.4 Å². The van der Waals surface area contributed by atoms with Crippen molar-refractivity contribution in [2.45, 2.75) is 39.0 Å². The summed E-state index contributed by atoms with van der Waals surface area (Å²) >= 11 is 0. The van der Waals surface area contributed by atoms with Gasteiger partial charge in [0.05, 0.1) is 6.10 Å². The third kappa shape index (κ3) is 2.44. The summed E-state index contributed by atoms with van der Waals surface area (Å²) in [5, 5.41) is 2.65. The molecule has 120 valence electrons. The molecule has 1 amide bonds. The first-order chi connectivity index (χ1) is 10.4. The molecule has 0 aromatic heterocycles. The second-order valence-corrected chi connectivity index (χ2v) is 7.20. The van der Waals surface area contributed by atoms with Gasteiger partial charge in [-0.25, -0.2) is 0 Å². The minimum Gasteiger partial charge on any atom is -0.377 e. The molecule has 0 bridgehead atoms. The molecule has 1 saturated heterocycles. The van der Waals surface area contributed by atoms with Gasteiger partial charge in [-0.2, -0.15) is 0 Å². The normalized spacial score (nSPS) is 29.0. The maximum Gasteiger partial charge on any atom is 0.251 e. The van der Waals surface area contributed by atoms with E-state index in [1.807, 2.05) is 12.1 Å². The molecule has 22 heavy (non-hydrogen) atoms. The Morgan fingerprint density at radius 2 is 2.05 bits per heavy atom. The molecule has 0 spiro atoms. The number of carbonyl (C=O) groups is 1. The van der Waals surface area contributed by atoms with Gasteiger partial charge in [-0.1, -0.05) is 26.0 Å². The van der Waals surface area contributed by atoms with Crippen molar-refractivity contribution in [2.75, 3.05) is 20.7 Å². The summed E-state index contributed by atoms with van der Waals surface area (Å²) in [6, 6.07) is 8.47. The molecule has 4 heteroatoms. The molecule has 1 N–H and O–H groups in total. The number of ether oxygens (including phenoxy) is 1. The Hall–Kier alpha value is -1.39. The van der Waals surface area contributed by atoms with Crippen LogP contribution in [0.3, 0.4) is 0 Å². The van der Waals surface area contributed by atoms with Crippen LogP contribution >= 0.6 is 0 Å². The number of fused-ring (bicyclic) bond motifs is 1. The van der Waals surface area contributed by atoms with Gasteiger partial charge in [0, 0.05) is 43.1 Å². The zero-order valence-electron chi connectivity index (χ0n) is 13.9. The van der Waals surface area contributed by atoms with Crippen LogP contribution in [-0.4, -0.2) is 43.7 Å². The fraction of sp³-hybridized carbons (Fsp3) is 0.611. The highest BCUT2D eigenvalue weighted by atomic mass is 16.5. The van der Waals surface area contributed by atoms with Crippen LogP contribution < -0.4 is 5.32 Å². The Morgan fingerprint density at radius 3 is 2.68 bits per heavy atom. The number of nitrogens with one attached hydrogen (secondary N) is 1. The highest BCUT2D eigenvalue weighted by Gasteiger charge is 2.60. The molecule has 1 aromatic carbocycles. The highest BCUT2D eigenvalue weighted by Crippen LogP contribution is 2.54. The second kappa shape index (κ2) is 5.67. The van der Waals surface area contributed by atoms with Crippen LogP contribution in [0, 0.1) is 11.3 Å². The van der Waals surface area contributed by atoms with E-state index >= 15 is 0 Å². The number of nitrogens with zero attached hydrogens (tertiary/aromatic N) is 1. The Morgan fingerprint density at radius 1 is 1.36 bits per heavy atom. The number of benzene rings is 1. The summed E-state index contributed by atoms with van der Waals surface area (Å²) in [6.45, 7) is 6.44. The molecule has 1 aromatic rings. The maximum absolute atomic E-state index is 11.6. The quantitative estimate of drug-likeness (QED) is 0.928. The molecule has 4 nitrogen and oxygen atoms in total. The van der Waals surface area contributed by atoms with Gasteiger partial charge in [0.2, 0.25) is 0 Å². The Balaban J connectivity index is 1.67. The molecule has 0 radical (unpaired) electrons. The minimum atomic E-state index is -0.0361. The van der Waals surface area contributed by atoms with Crippen LogP contribution in [-0.2, 0) is 11.3 Å². The molecule has 1 saturated carbocycles. The van der Waals surface area contributed by atoms with Crippen molar-refractivity contribution < 1.29 is 9.53 Å². The monoisotopic (exact) mass is 302 g/mol. The fourth-order valence-electron chi connectivity index (χ4n) is 4.48. The summed E-state index contributed by atoms with van der Waals surface area (Å²) < 4.78 is 5.88. The number of hydrogen-bond acceptors (Lipinski definition) is 3. The fourth-order valence-corrected chi connectivity index (χ4v) is 4.48. The maximum atomic E-state index is 11.6. The average molecular weight is 302 g/mol. The lowest BCUT2D eigenvalue weighted by atomic mass is 9.57. The molecule has 1 aliphatic heterocycles. The van der Waals surface area contributed by atoms with Gasteiger partial charge >= 0.3 is 0 Å². The van der Waals surface area contributed by atoms with Crippen molar-refractivity contribution >= 4 is 5.91 Å². The van der Waals surface area contributed by atoms with Gasteiger partial charge < -0.3 is 10.1 Å². The molecule has 1 aliphatic carbocycles. The molecule has 0 unspecified atom stereocenters. The molecule has 2 fully saturated rings. The summed E-state index contributed by atoms with van der Waals surface area (Å²) in [6.07, 6.45) is 1.61. The first kappa shape index (κ1) is 15.5. The van der Waals surface area contributed by atoms with Gasteiger partial charge in [0.15, 0.2) is 0 Å². The summed E-state index contributed by atoms with van der Waals surface area (Å²) in [4.78, 5) is 14.0. The summed E-state index contributed by atoms with van der Waals surface area (Å²) in [7, 11) is 3.86. The summed E-state index contributed by atoms with van der Waals surface area (Å²) in [5.41, 5.74) is 2.17. The molecular weight excluding hydrogens is 276 g/mol. The van der Waals surface area contributed by atoms with Gasteiger partial charge in [0.1, 0.15) is 0 Å². The molecule has 3 atom stereocenters. The first-order valence-electron chi connectivity index (χ1n) is 8.08. The van der Waals surface area contributed by atoms with E-state index in [0.717, 1.165) is 13.2 Å². The Labute approximate surface area is 132 Å². The Kier molecular flexibility index (Phi) is 4.00. The average Bonchev–Trinajstić information content (AvgIpc) is 2.93. The van der Waals surface area contributed by atoms with Crippen molar-refractivity contribution in [2.24, 2.45) is 11.3 Å². The lowest BCUT2D eigenvalue weighted by Gasteiger charge is -2.58. The van der Waals surface area contributed by atoms with Crippen LogP contribution in [0.4, 0.5) is 0 Å². The number of carbonyl (C=O) groups excluding carboxylic acids is 1. The van der Waals surface area contributed by atoms with Crippen LogP contribution in [0.2, 0.25) is 0 Å². The van der Waals surface area contributed by atoms with Crippen molar-refractivity contribution in [3.8, 4) is 0 Å². The van der Waals surface area contributed by atoms with E-state index in [4.69, 9.17) is 4.74 Å². The topological polar surface area (TPSA) is 41.6 Å². The van der Waals surface area contributed by atoms with Crippen molar-refractivity contribution in [3.63, 3.8) is 0 Å². The van der Waals surface area contributed by atoms with E-state index in [-0.39, 0.29) is 11.3 Å². The summed E-state index contributed by atoms with van der Waals surface area (Å²) in [5.74, 6) is 0.635. The zero-order valence-corrected chi connectivity index (χ0v) is 13.9. The predicted octanol–water partition coefficient (Wildman–Crippen LogP) is 2.29. The number of hydrogen-bond donors (Lipinski definition) is 1. The molecule has 2 aliphatic rings. The minimum absolute atomic E-state index is 0.0361. The van der Waals surface area contributed by atoms with Crippen LogP contribution in [0.15, 0.2) is 24.3 Å². The van der Waals surface area contributed by atoms with E-state index in [0.29, 0.717) is 23.6 Å². The lowest BCUT2D eigenvalue weighted by molar-refractivity contribution is -0.151. The number of rotatable bonds is 4. The van der Waals surface area contributed by atoms with Crippen LogP contribution in [0.1, 0.15) is 36.2 Å².